The van der Waals surface area contributed by atoms with Crippen molar-refractivity contribution in [2.24, 2.45) is 5.92 Å². The first kappa shape index (κ1) is 10.4. The minimum absolute atomic E-state index is 0.721. The topological polar surface area (TPSA) is 55.6 Å². The third-order valence-corrected chi connectivity index (χ3v) is 2.95. The molecule has 5 heteroatoms. The van der Waals surface area contributed by atoms with Gasteiger partial charge in [-0.25, -0.2) is 0 Å². The first-order valence-corrected chi connectivity index (χ1v) is 5.97. The lowest BCUT2D eigenvalue weighted by Crippen LogP contribution is -2.19. The van der Waals surface area contributed by atoms with Crippen LogP contribution >= 0.6 is 0 Å². The van der Waals surface area contributed by atoms with Gasteiger partial charge in [-0.1, -0.05) is 18.2 Å². The Morgan fingerprint density at radius 3 is 2.82 bits per heavy atom. The summed E-state index contributed by atoms with van der Waals surface area (Å²) in [5, 5.41) is 15.2. The highest BCUT2D eigenvalue weighted by molar-refractivity contribution is 5.30. The summed E-state index contributed by atoms with van der Waals surface area (Å²) in [6, 6.07) is 9.96. The molecule has 5 nitrogen and oxygen atoms in total. The van der Waals surface area contributed by atoms with E-state index in [1.54, 1.807) is 4.68 Å². The summed E-state index contributed by atoms with van der Waals surface area (Å²) < 4.78 is 1.78. The van der Waals surface area contributed by atoms with Crippen LogP contribution in [-0.4, -0.2) is 26.8 Å². The number of tetrazole rings is 1. The number of nitrogens with zero attached hydrogens (tertiary/aromatic N) is 4. The molecule has 0 amide bonds. The van der Waals surface area contributed by atoms with E-state index < -0.39 is 0 Å². The van der Waals surface area contributed by atoms with E-state index in [4.69, 9.17) is 0 Å². The van der Waals surface area contributed by atoms with Crippen LogP contribution < -0.4 is 5.32 Å². The summed E-state index contributed by atoms with van der Waals surface area (Å²) in [4.78, 5) is 0. The van der Waals surface area contributed by atoms with E-state index in [2.05, 4.69) is 20.8 Å². The van der Waals surface area contributed by atoms with Gasteiger partial charge in [0.25, 0.3) is 0 Å². The number of aromatic nitrogens is 4. The highest BCUT2D eigenvalue weighted by atomic mass is 15.5. The van der Waals surface area contributed by atoms with E-state index in [9.17, 15) is 0 Å². The number of hydrogen-bond donors (Lipinski definition) is 1. The zero-order valence-electron chi connectivity index (χ0n) is 9.58. The van der Waals surface area contributed by atoms with Crippen molar-refractivity contribution < 1.29 is 0 Å². The monoisotopic (exact) mass is 229 g/mol. The summed E-state index contributed by atoms with van der Waals surface area (Å²) in [6.45, 7) is 1.79. The molecule has 0 saturated heterocycles. The van der Waals surface area contributed by atoms with Crippen molar-refractivity contribution in [3.05, 3.63) is 36.2 Å². The molecule has 88 valence electrons. The predicted octanol–water partition coefficient (Wildman–Crippen LogP) is 1.16. The van der Waals surface area contributed by atoms with Crippen LogP contribution in [0, 0.1) is 5.92 Å². The van der Waals surface area contributed by atoms with Gasteiger partial charge in [-0.2, -0.15) is 4.68 Å². The number of rotatable bonds is 5. The van der Waals surface area contributed by atoms with Gasteiger partial charge < -0.3 is 5.32 Å². The minimum Gasteiger partial charge on any atom is -0.310 e. The third kappa shape index (κ3) is 2.50. The van der Waals surface area contributed by atoms with Crippen molar-refractivity contribution in [1.29, 1.82) is 0 Å². The Bertz CT molecular complexity index is 475. The quantitative estimate of drug-likeness (QED) is 0.836. The average molecular weight is 229 g/mol. The van der Waals surface area contributed by atoms with Gasteiger partial charge in [0.15, 0.2) is 5.82 Å². The Morgan fingerprint density at radius 2 is 2.06 bits per heavy atom. The molecule has 1 aliphatic rings. The lowest BCUT2D eigenvalue weighted by molar-refractivity contribution is 0.606. The van der Waals surface area contributed by atoms with Crippen LogP contribution in [0.25, 0.3) is 5.69 Å². The van der Waals surface area contributed by atoms with E-state index >= 15 is 0 Å². The van der Waals surface area contributed by atoms with Crippen molar-refractivity contribution in [1.82, 2.24) is 25.5 Å². The molecule has 1 fully saturated rings. The Hall–Kier alpha value is -1.75. The molecule has 3 rings (SSSR count). The Morgan fingerprint density at radius 1 is 1.24 bits per heavy atom. The molecule has 0 radical (unpaired) electrons. The third-order valence-electron chi connectivity index (χ3n) is 2.95. The first-order chi connectivity index (χ1) is 8.43. The fourth-order valence-corrected chi connectivity index (χ4v) is 1.80. The molecule has 0 aliphatic heterocycles. The Labute approximate surface area is 99.8 Å². The predicted molar refractivity (Wildman–Crippen MR) is 63.6 cm³/mol. The van der Waals surface area contributed by atoms with E-state index in [1.165, 1.54) is 12.8 Å². The molecule has 1 N–H and O–H groups in total. The van der Waals surface area contributed by atoms with E-state index in [0.29, 0.717) is 0 Å². The zero-order chi connectivity index (χ0) is 11.5. The van der Waals surface area contributed by atoms with Gasteiger partial charge >= 0.3 is 0 Å². The van der Waals surface area contributed by atoms with Crippen molar-refractivity contribution in [2.45, 2.75) is 19.4 Å². The molecule has 1 heterocycles. The van der Waals surface area contributed by atoms with Crippen LogP contribution in [0.1, 0.15) is 18.7 Å². The summed E-state index contributed by atoms with van der Waals surface area (Å²) in [6.07, 6.45) is 2.72. The number of benzene rings is 1. The maximum absolute atomic E-state index is 4.05. The molecule has 0 bridgehead atoms. The normalized spacial score (nSPS) is 15.1. The van der Waals surface area contributed by atoms with Gasteiger partial charge in [-0.3, -0.25) is 0 Å². The minimum atomic E-state index is 0.721. The van der Waals surface area contributed by atoms with Gasteiger partial charge in [0.2, 0.25) is 0 Å². The highest BCUT2D eigenvalue weighted by Gasteiger charge is 2.20. The van der Waals surface area contributed by atoms with Gasteiger partial charge in [-0.05, 0) is 47.9 Å². The van der Waals surface area contributed by atoms with Crippen LogP contribution in [-0.2, 0) is 6.54 Å². The van der Waals surface area contributed by atoms with Gasteiger partial charge in [0.1, 0.15) is 0 Å². The zero-order valence-corrected chi connectivity index (χ0v) is 9.58. The summed E-state index contributed by atoms with van der Waals surface area (Å²) in [7, 11) is 0. The lowest BCUT2D eigenvalue weighted by Gasteiger charge is -2.05. The Kier molecular flexibility index (Phi) is 2.83. The molecule has 1 saturated carbocycles. The molecule has 0 atom stereocenters. The second-order valence-electron chi connectivity index (χ2n) is 4.42. The smallest absolute Gasteiger partial charge is 0.170 e. The maximum atomic E-state index is 4.05. The summed E-state index contributed by atoms with van der Waals surface area (Å²) >= 11 is 0. The Balaban J connectivity index is 1.70. The second-order valence-corrected chi connectivity index (χ2v) is 4.42. The molecule has 0 unspecified atom stereocenters. The van der Waals surface area contributed by atoms with Gasteiger partial charge in [0, 0.05) is 0 Å². The van der Waals surface area contributed by atoms with Crippen molar-refractivity contribution in [2.75, 3.05) is 6.54 Å². The van der Waals surface area contributed by atoms with Crippen molar-refractivity contribution in [3.8, 4) is 5.69 Å². The summed E-state index contributed by atoms with van der Waals surface area (Å²) in [5.41, 5.74) is 1.00. The van der Waals surface area contributed by atoms with Gasteiger partial charge in [0.05, 0.1) is 12.2 Å². The molecular weight excluding hydrogens is 214 g/mol. The fourth-order valence-electron chi connectivity index (χ4n) is 1.80. The second kappa shape index (κ2) is 4.63. The van der Waals surface area contributed by atoms with E-state index in [1.807, 2.05) is 30.3 Å². The fraction of sp³-hybridized carbons (Fsp3) is 0.417. The molecule has 0 spiro atoms. The number of nitrogens with one attached hydrogen (secondary N) is 1. The van der Waals surface area contributed by atoms with E-state index in [-0.39, 0.29) is 0 Å². The maximum Gasteiger partial charge on any atom is 0.170 e. The molecule has 17 heavy (non-hydrogen) atoms. The highest BCUT2D eigenvalue weighted by Crippen LogP contribution is 2.27. The average Bonchev–Trinajstić information content (AvgIpc) is 3.07. The van der Waals surface area contributed by atoms with Crippen LogP contribution in [0.4, 0.5) is 0 Å². The molecule has 1 aliphatic carbocycles. The molecule has 1 aromatic heterocycles. The number of para-hydroxylation sites is 1. The molecule has 1 aromatic carbocycles. The standard InChI is InChI=1S/C12H15N5/c1-2-4-11(5-3-1)17-12(14-15-16-17)9-13-8-10-6-7-10/h1-5,10,13H,6-9H2. The van der Waals surface area contributed by atoms with Crippen molar-refractivity contribution >= 4 is 0 Å². The van der Waals surface area contributed by atoms with Crippen molar-refractivity contribution in [3.63, 3.8) is 0 Å². The number of hydrogen-bond acceptors (Lipinski definition) is 4. The van der Waals surface area contributed by atoms with Crippen LogP contribution in [0.2, 0.25) is 0 Å². The van der Waals surface area contributed by atoms with Gasteiger partial charge in [-0.15, -0.1) is 5.10 Å². The lowest BCUT2D eigenvalue weighted by atomic mass is 10.3. The van der Waals surface area contributed by atoms with Crippen LogP contribution in [0.15, 0.2) is 30.3 Å². The van der Waals surface area contributed by atoms with Crippen LogP contribution in [0.5, 0.6) is 0 Å². The largest absolute Gasteiger partial charge is 0.310 e. The van der Waals surface area contributed by atoms with Crippen LogP contribution in [0.3, 0.4) is 0 Å². The summed E-state index contributed by atoms with van der Waals surface area (Å²) in [5.74, 6) is 1.73. The first-order valence-electron chi connectivity index (χ1n) is 5.97. The van der Waals surface area contributed by atoms with E-state index in [0.717, 1.165) is 30.5 Å². The molecule has 2 aromatic rings. The SMILES string of the molecule is c1ccc(-n2nnnc2CNCC2CC2)cc1. The molecular formula is C12H15N5.